The maximum absolute atomic E-state index is 10.9. The van der Waals surface area contributed by atoms with Crippen molar-refractivity contribution in [3.63, 3.8) is 0 Å². The van der Waals surface area contributed by atoms with Gasteiger partial charge in [-0.3, -0.25) is 0 Å². The maximum Gasteiger partial charge on any atom is 0.274 e. The number of nitrogens with two attached hydrogens (primary N) is 1. The van der Waals surface area contributed by atoms with Gasteiger partial charge in [-0.15, -0.1) is 0 Å². The van der Waals surface area contributed by atoms with Crippen molar-refractivity contribution in [2.75, 3.05) is 0 Å². The van der Waals surface area contributed by atoms with Crippen LogP contribution in [0.1, 0.15) is 25.8 Å². The molecule has 0 unspecified atom stereocenters. The summed E-state index contributed by atoms with van der Waals surface area (Å²) in [6.45, 7) is 3.64. The molecule has 0 amide bonds. The van der Waals surface area contributed by atoms with Gasteiger partial charge in [0.15, 0.2) is 0 Å². The standard InChI is InChI=1S/C11H18N2O2S/c1-11(2,13-16(12,14)15)9-8-10-6-4-3-5-7-10/h3-7,13H,8-9H2,1-2H3,(H2,12,14,15). The molecule has 1 rings (SSSR count). The Labute approximate surface area is 97.0 Å². The molecule has 0 fully saturated rings. The third-order valence-corrected chi connectivity index (χ3v) is 3.14. The minimum absolute atomic E-state index is 0.524. The quantitative estimate of drug-likeness (QED) is 0.814. The monoisotopic (exact) mass is 242 g/mol. The molecule has 0 spiro atoms. The van der Waals surface area contributed by atoms with E-state index in [-0.39, 0.29) is 0 Å². The zero-order valence-corrected chi connectivity index (χ0v) is 10.4. The number of hydrogen-bond donors (Lipinski definition) is 2. The summed E-state index contributed by atoms with van der Waals surface area (Å²) < 4.78 is 24.3. The molecule has 0 aromatic heterocycles. The lowest BCUT2D eigenvalue weighted by Crippen LogP contribution is -2.46. The van der Waals surface area contributed by atoms with Crippen molar-refractivity contribution in [3.05, 3.63) is 35.9 Å². The fourth-order valence-corrected chi connectivity index (χ4v) is 2.41. The number of nitrogens with one attached hydrogen (secondary N) is 1. The van der Waals surface area contributed by atoms with Gasteiger partial charge in [0.2, 0.25) is 0 Å². The van der Waals surface area contributed by atoms with E-state index in [1.54, 1.807) is 0 Å². The average molecular weight is 242 g/mol. The molecule has 0 atom stereocenters. The van der Waals surface area contributed by atoms with Crippen LogP contribution in [-0.4, -0.2) is 14.0 Å². The van der Waals surface area contributed by atoms with E-state index in [0.717, 1.165) is 6.42 Å². The first-order valence-electron chi connectivity index (χ1n) is 5.14. The zero-order chi connectivity index (χ0) is 12.2. The van der Waals surface area contributed by atoms with Crippen molar-refractivity contribution in [1.82, 2.24) is 4.72 Å². The lowest BCUT2D eigenvalue weighted by Gasteiger charge is -2.24. The van der Waals surface area contributed by atoms with Gasteiger partial charge in [-0.1, -0.05) is 30.3 Å². The SMILES string of the molecule is CC(C)(CCc1ccccc1)NS(N)(=O)=O. The molecule has 3 N–H and O–H groups in total. The molecule has 0 aliphatic rings. The maximum atomic E-state index is 10.9. The summed E-state index contributed by atoms with van der Waals surface area (Å²) >= 11 is 0. The van der Waals surface area contributed by atoms with Gasteiger partial charge in [0.05, 0.1) is 0 Å². The summed E-state index contributed by atoms with van der Waals surface area (Å²) in [5, 5.41) is 4.95. The molecule has 0 saturated carbocycles. The number of benzene rings is 1. The third-order valence-electron chi connectivity index (χ3n) is 2.30. The van der Waals surface area contributed by atoms with Crippen LogP contribution in [0.3, 0.4) is 0 Å². The molecule has 5 heteroatoms. The molecule has 0 aliphatic carbocycles. The lowest BCUT2D eigenvalue weighted by atomic mass is 9.97. The molecular weight excluding hydrogens is 224 g/mol. The van der Waals surface area contributed by atoms with Crippen LogP contribution in [-0.2, 0) is 16.6 Å². The van der Waals surface area contributed by atoms with Gasteiger partial charge in [0, 0.05) is 5.54 Å². The molecule has 0 heterocycles. The van der Waals surface area contributed by atoms with Gasteiger partial charge in [0.1, 0.15) is 0 Å². The highest BCUT2D eigenvalue weighted by molar-refractivity contribution is 7.87. The third kappa shape index (κ3) is 5.25. The minimum Gasteiger partial charge on any atom is -0.216 e. The first kappa shape index (κ1) is 13.2. The molecule has 16 heavy (non-hydrogen) atoms. The van der Waals surface area contributed by atoms with Crippen molar-refractivity contribution in [3.8, 4) is 0 Å². The van der Waals surface area contributed by atoms with E-state index in [0.29, 0.717) is 6.42 Å². The van der Waals surface area contributed by atoms with Gasteiger partial charge in [0.25, 0.3) is 10.2 Å². The largest absolute Gasteiger partial charge is 0.274 e. The summed E-state index contributed by atoms with van der Waals surface area (Å²) in [4.78, 5) is 0. The van der Waals surface area contributed by atoms with Gasteiger partial charge < -0.3 is 0 Å². The number of hydrogen-bond acceptors (Lipinski definition) is 2. The second-order valence-electron chi connectivity index (χ2n) is 4.52. The Kier molecular flexibility index (Phi) is 4.07. The smallest absolute Gasteiger partial charge is 0.216 e. The Morgan fingerprint density at radius 3 is 2.31 bits per heavy atom. The number of rotatable bonds is 5. The molecular formula is C11H18N2O2S. The van der Waals surface area contributed by atoms with Crippen LogP contribution < -0.4 is 9.86 Å². The van der Waals surface area contributed by atoms with Crippen LogP contribution in [0.25, 0.3) is 0 Å². The highest BCUT2D eigenvalue weighted by atomic mass is 32.2. The normalized spacial score (nSPS) is 12.7. The molecule has 0 radical (unpaired) electrons. The molecule has 1 aromatic rings. The predicted octanol–water partition coefficient (Wildman–Crippen LogP) is 1.19. The van der Waals surface area contributed by atoms with Crippen LogP contribution in [0.2, 0.25) is 0 Å². The summed E-state index contributed by atoms with van der Waals surface area (Å²) in [6, 6.07) is 9.93. The Balaban J connectivity index is 2.55. The Bertz CT molecular complexity index is 427. The van der Waals surface area contributed by atoms with Crippen LogP contribution in [0.15, 0.2) is 30.3 Å². The van der Waals surface area contributed by atoms with Crippen LogP contribution in [0.4, 0.5) is 0 Å². The van der Waals surface area contributed by atoms with Crippen LogP contribution in [0.5, 0.6) is 0 Å². The molecule has 4 nitrogen and oxygen atoms in total. The van der Waals surface area contributed by atoms with E-state index < -0.39 is 15.7 Å². The summed E-state index contributed by atoms with van der Waals surface area (Å²) in [5.41, 5.74) is 0.662. The van der Waals surface area contributed by atoms with E-state index >= 15 is 0 Å². The Morgan fingerprint density at radius 2 is 1.81 bits per heavy atom. The van der Waals surface area contributed by atoms with Gasteiger partial charge in [-0.2, -0.15) is 13.1 Å². The van der Waals surface area contributed by atoms with E-state index in [1.807, 2.05) is 44.2 Å². The summed E-state index contributed by atoms with van der Waals surface area (Å²) in [6.07, 6.45) is 1.52. The van der Waals surface area contributed by atoms with Crippen LogP contribution >= 0.6 is 0 Å². The highest BCUT2D eigenvalue weighted by Crippen LogP contribution is 2.13. The van der Waals surface area contributed by atoms with Gasteiger partial charge in [-0.05, 0) is 32.3 Å². The van der Waals surface area contributed by atoms with Gasteiger partial charge in [-0.25, -0.2) is 5.14 Å². The van der Waals surface area contributed by atoms with Crippen molar-refractivity contribution in [2.24, 2.45) is 5.14 Å². The fourth-order valence-electron chi connectivity index (χ4n) is 1.54. The van der Waals surface area contributed by atoms with Crippen LogP contribution in [0, 0.1) is 0 Å². The second-order valence-corrected chi connectivity index (χ2v) is 5.81. The predicted molar refractivity (Wildman–Crippen MR) is 65.1 cm³/mol. The number of aryl methyl sites for hydroxylation is 1. The minimum atomic E-state index is -3.64. The molecule has 0 saturated heterocycles. The highest BCUT2D eigenvalue weighted by Gasteiger charge is 2.21. The summed E-state index contributed by atoms with van der Waals surface area (Å²) in [7, 11) is -3.64. The van der Waals surface area contributed by atoms with E-state index in [9.17, 15) is 8.42 Å². The molecule has 1 aromatic carbocycles. The second kappa shape index (κ2) is 4.95. The zero-order valence-electron chi connectivity index (χ0n) is 9.60. The van der Waals surface area contributed by atoms with Gasteiger partial charge >= 0.3 is 0 Å². The Hall–Kier alpha value is -0.910. The molecule has 0 aliphatic heterocycles. The van der Waals surface area contributed by atoms with Crippen molar-refractivity contribution >= 4 is 10.2 Å². The van der Waals surface area contributed by atoms with E-state index in [1.165, 1.54) is 5.56 Å². The summed E-state index contributed by atoms with van der Waals surface area (Å²) in [5.74, 6) is 0. The Morgan fingerprint density at radius 1 is 1.25 bits per heavy atom. The lowest BCUT2D eigenvalue weighted by molar-refractivity contribution is 0.422. The van der Waals surface area contributed by atoms with Crippen molar-refractivity contribution in [1.29, 1.82) is 0 Å². The van der Waals surface area contributed by atoms with E-state index in [4.69, 9.17) is 5.14 Å². The first-order valence-corrected chi connectivity index (χ1v) is 6.69. The molecule has 0 bridgehead atoms. The first-order chi connectivity index (χ1) is 7.29. The average Bonchev–Trinajstić information content (AvgIpc) is 2.13. The van der Waals surface area contributed by atoms with Crippen molar-refractivity contribution in [2.45, 2.75) is 32.2 Å². The van der Waals surface area contributed by atoms with E-state index in [2.05, 4.69) is 4.72 Å². The topological polar surface area (TPSA) is 72.2 Å². The molecule has 90 valence electrons. The van der Waals surface area contributed by atoms with Crippen molar-refractivity contribution < 1.29 is 8.42 Å². The fraction of sp³-hybridized carbons (Fsp3) is 0.455.